The van der Waals surface area contributed by atoms with Crippen LogP contribution >= 0.6 is 11.3 Å². The number of ether oxygens (including phenoxy) is 1. The predicted octanol–water partition coefficient (Wildman–Crippen LogP) is 2.55. The number of piperidine rings is 1. The lowest BCUT2D eigenvalue weighted by molar-refractivity contribution is -0.121. The molecule has 1 aliphatic carbocycles. The van der Waals surface area contributed by atoms with Gasteiger partial charge in [-0.05, 0) is 32.6 Å². The van der Waals surface area contributed by atoms with E-state index in [1.807, 2.05) is 5.38 Å². The second-order valence-corrected chi connectivity index (χ2v) is 8.18. The summed E-state index contributed by atoms with van der Waals surface area (Å²) in [4.78, 5) is 42.2. The van der Waals surface area contributed by atoms with Gasteiger partial charge < -0.3 is 20.3 Å². The van der Waals surface area contributed by atoms with Crippen LogP contribution in [0.5, 0.6) is 0 Å². The summed E-state index contributed by atoms with van der Waals surface area (Å²) in [7, 11) is 0. The normalized spacial score (nSPS) is 18.1. The average molecular weight is 409 g/mol. The molecule has 3 rings (SSSR count). The van der Waals surface area contributed by atoms with Crippen LogP contribution in [0, 0.1) is 5.92 Å². The third-order valence-corrected chi connectivity index (χ3v) is 6.04. The molecule has 1 aliphatic heterocycles. The van der Waals surface area contributed by atoms with Crippen LogP contribution in [-0.4, -0.2) is 53.5 Å². The van der Waals surface area contributed by atoms with E-state index in [0.717, 1.165) is 25.7 Å². The number of anilines is 1. The first-order chi connectivity index (χ1) is 13.5. The molecule has 0 aromatic carbocycles. The molecule has 28 heavy (non-hydrogen) atoms. The third kappa shape index (κ3) is 5.67. The number of rotatable bonds is 6. The topological polar surface area (TPSA) is 101 Å². The van der Waals surface area contributed by atoms with E-state index in [9.17, 15) is 14.4 Å². The molecule has 0 bridgehead atoms. The number of hydrogen-bond acceptors (Lipinski definition) is 6. The molecule has 2 aliphatic rings. The molecule has 1 aromatic rings. The van der Waals surface area contributed by atoms with Crippen molar-refractivity contribution in [1.29, 1.82) is 0 Å². The highest BCUT2D eigenvalue weighted by molar-refractivity contribution is 7.13. The van der Waals surface area contributed by atoms with Crippen molar-refractivity contribution in [3.05, 3.63) is 11.1 Å². The Morgan fingerprint density at radius 1 is 1.21 bits per heavy atom. The zero-order valence-electron chi connectivity index (χ0n) is 16.2. The molecule has 0 unspecified atom stereocenters. The van der Waals surface area contributed by atoms with Crippen LogP contribution in [0.2, 0.25) is 0 Å². The van der Waals surface area contributed by atoms with E-state index in [1.165, 1.54) is 11.3 Å². The highest BCUT2D eigenvalue weighted by Crippen LogP contribution is 2.26. The van der Waals surface area contributed by atoms with Gasteiger partial charge in [0.05, 0.1) is 18.7 Å². The second-order valence-electron chi connectivity index (χ2n) is 7.32. The Morgan fingerprint density at radius 2 is 1.93 bits per heavy atom. The van der Waals surface area contributed by atoms with Gasteiger partial charge in [0, 0.05) is 30.4 Å². The van der Waals surface area contributed by atoms with Crippen LogP contribution < -0.4 is 10.6 Å². The van der Waals surface area contributed by atoms with Gasteiger partial charge in [-0.1, -0.05) is 12.8 Å². The van der Waals surface area contributed by atoms with Gasteiger partial charge in [-0.2, -0.15) is 0 Å². The van der Waals surface area contributed by atoms with Gasteiger partial charge in [0.15, 0.2) is 5.13 Å². The molecule has 0 atom stereocenters. The molecule has 2 N–H and O–H groups in total. The first-order valence-electron chi connectivity index (χ1n) is 10.0. The molecule has 3 amide bonds. The minimum atomic E-state index is -0.290. The van der Waals surface area contributed by atoms with Gasteiger partial charge in [0.25, 0.3) is 0 Å². The van der Waals surface area contributed by atoms with Gasteiger partial charge in [-0.25, -0.2) is 9.78 Å². The molecule has 9 heteroatoms. The van der Waals surface area contributed by atoms with Crippen molar-refractivity contribution in [2.24, 2.45) is 5.92 Å². The lowest BCUT2D eigenvalue weighted by Gasteiger charge is -2.31. The Kier molecular flexibility index (Phi) is 7.24. The van der Waals surface area contributed by atoms with Crippen LogP contribution in [-0.2, 0) is 20.7 Å². The number of carbonyl (C=O) groups is 3. The highest BCUT2D eigenvalue weighted by atomic mass is 32.1. The maximum atomic E-state index is 12.3. The fraction of sp³-hybridized carbons (Fsp3) is 0.684. The Labute approximate surface area is 169 Å². The monoisotopic (exact) mass is 408 g/mol. The summed E-state index contributed by atoms with van der Waals surface area (Å²) in [6.45, 7) is 3.32. The summed E-state index contributed by atoms with van der Waals surface area (Å²) >= 11 is 1.35. The third-order valence-electron chi connectivity index (χ3n) is 5.24. The standard InChI is InChI=1S/C19H28N4O4S/c1-2-27-19(26)23-9-7-14(8-10-23)20-16(24)11-15-12-28-18(21-15)22-17(25)13-5-3-4-6-13/h12-14H,2-11H2,1H3,(H,20,24)(H,21,22,25). The highest BCUT2D eigenvalue weighted by Gasteiger charge is 2.25. The summed E-state index contributed by atoms with van der Waals surface area (Å²) in [5.74, 6) is 0.0425. The van der Waals surface area contributed by atoms with Crippen LogP contribution in [0.1, 0.15) is 51.1 Å². The number of hydrogen-bond donors (Lipinski definition) is 2. The molecule has 8 nitrogen and oxygen atoms in total. The maximum Gasteiger partial charge on any atom is 0.409 e. The van der Waals surface area contributed by atoms with Crippen LogP contribution in [0.3, 0.4) is 0 Å². The summed E-state index contributed by atoms with van der Waals surface area (Å²) in [5, 5.41) is 8.26. The Bertz CT molecular complexity index is 694. The number of nitrogens with one attached hydrogen (secondary N) is 2. The number of thiazole rings is 1. The van der Waals surface area contributed by atoms with Crippen molar-refractivity contribution in [3.63, 3.8) is 0 Å². The van der Waals surface area contributed by atoms with E-state index in [2.05, 4.69) is 15.6 Å². The zero-order valence-corrected chi connectivity index (χ0v) is 17.1. The van der Waals surface area contributed by atoms with Crippen LogP contribution in [0.4, 0.5) is 9.93 Å². The molecule has 0 radical (unpaired) electrons. The zero-order chi connectivity index (χ0) is 19.9. The van der Waals surface area contributed by atoms with Crippen molar-refractivity contribution >= 4 is 34.4 Å². The molecule has 0 spiro atoms. The molecule has 1 aromatic heterocycles. The predicted molar refractivity (Wildman–Crippen MR) is 106 cm³/mol. The van der Waals surface area contributed by atoms with Gasteiger partial charge in [-0.15, -0.1) is 11.3 Å². The molecule has 2 fully saturated rings. The number of nitrogens with zero attached hydrogens (tertiary/aromatic N) is 2. The summed E-state index contributed by atoms with van der Waals surface area (Å²) in [6.07, 6.45) is 5.44. The van der Waals surface area contributed by atoms with Crippen molar-refractivity contribution in [1.82, 2.24) is 15.2 Å². The number of carbonyl (C=O) groups excluding carboxylic acids is 3. The Hall–Kier alpha value is -2.16. The Morgan fingerprint density at radius 3 is 2.61 bits per heavy atom. The molecule has 1 saturated carbocycles. The average Bonchev–Trinajstić information content (AvgIpc) is 3.35. The number of likely N-dealkylation sites (tertiary alicyclic amines) is 1. The quantitative estimate of drug-likeness (QED) is 0.753. The molecular weight excluding hydrogens is 380 g/mol. The van der Waals surface area contributed by atoms with Gasteiger partial charge in [0.2, 0.25) is 11.8 Å². The van der Waals surface area contributed by atoms with Crippen LogP contribution in [0.15, 0.2) is 5.38 Å². The fourth-order valence-electron chi connectivity index (χ4n) is 3.71. The first kappa shape index (κ1) is 20.6. The fourth-order valence-corrected chi connectivity index (χ4v) is 4.42. The molecule has 154 valence electrons. The van der Waals surface area contributed by atoms with E-state index in [0.29, 0.717) is 43.4 Å². The van der Waals surface area contributed by atoms with E-state index >= 15 is 0 Å². The lowest BCUT2D eigenvalue weighted by atomic mass is 10.1. The summed E-state index contributed by atoms with van der Waals surface area (Å²) in [5.41, 5.74) is 0.660. The first-order valence-corrected chi connectivity index (χ1v) is 10.9. The lowest BCUT2D eigenvalue weighted by Crippen LogP contribution is -2.47. The summed E-state index contributed by atoms with van der Waals surface area (Å²) in [6, 6.07) is 0.0540. The van der Waals surface area contributed by atoms with E-state index in [1.54, 1.807) is 11.8 Å². The smallest absolute Gasteiger partial charge is 0.409 e. The second kappa shape index (κ2) is 9.86. The Balaban J connectivity index is 1.40. The number of amides is 3. The summed E-state index contributed by atoms with van der Waals surface area (Å²) < 4.78 is 5.00. The van der Waals surface area contributed by atoms with Crippen molar-refractivity contribution in [2.75, 3.05) is 25.0 Å². The number of aromatic nitrogens is 1. The van der Waals surface area contributed by atoms with Crippen LogP contribution in [0.25, 0.3) is 0 Å². The maximum absolute atomic E-state index is 12.3. The van der Waals surface area contributed by atoms with Crippen molar-refractivity contribution < 1.29 is 19.1 Å². The minimum absolute atomic E-state index is 0.0382. The van der Waals surface area contributed by atoms with Gasteiger partial charge in [0.1, 0.15) is 0 Å². The van der Waals surface area contributed by atoms with Gasteiger partial charge in [-0.3, -0.25) is 9.59 Å². The largest absolute Gasteiger partial charge is 0.450 e. The van der Waals surface area contributed by atoms with E-state index in [-0.39, 0.29) is 36.3 Å². The van der Waals surface area contributed by atoms with Crippen molar-refractivity contribution in [3.8, 4) is 0 Å². The van der Waals surface area contributed by atoms with E-state index < -0.39 is 0 Å². The minimum Gasteiger partial charge on any atom is -0.450 e. The van der Waals surface area contributed by atoms with Crippen molar-refractivity contribution in [2.45, 2.75) is 57.9 Å². The van der Waals surface area contributed by atoms with E-state index in [4.69, 9.17) is 4.74 Å². The van der Waals surface area contributed by atoms with Gasteiger partial charge >= 0.3 is 6.09 Å². The molecule has 1 saturated heterocycles. The molecular formula is C19H28N4O4S. The SMILES string of the molecule is CCOC(=O)N1CCC(NC(=O)Cc2csc(NC(=O)C3CCCC3)n2)CC1. The molecule has 2 heterocycles.